The van der Waals surface area contributed by atoms with Gasteiger partial charge in [0.2, 0.25) is 0 Å². The average molecular weight is 258 g/mol. The number of hydrogen-bond acceptors (Lipinski definition) is 3. The molecule has 0 bridgehead atoms. The highest BCUT2D eigenvalue weighted by Gasteiger charge is 2.46. The molecule has 1 heterocycles. The molecule has 0 aromatic carbocycles. The molecule has 0 amide bonds. The maximum Gasteiger partial charge on any atom is 0.156 e. The van der Waals surface area contributed by atoms with Crippen LogP contribution in [0.5, 0.6) is 0 Å². The van der Waals surface area contributed by atoms with E-state index in [1.54, 1.807) is 6.08 Å². The Labute approximate surface area is 112 Å². The third-order valence-electron chi connectivity index (χ3n) is 5.26. The summed E-state index contributed by atoms with van der Waals surface area (Å²) < 4.78 is 6.03. The monoisotopic (exact) mass is 258 g/mol. The number of fused-ring (bicyclic) bond motifs is 4. The number of allylic oxidation sites excluding steroid dienone is 1. The minimum Gasteiger partial charge on any atom is -0.369 e. The van der Waals surface area contributed by atoms with Gasteiger partial charge in [-0.2, -0.15) is 0 Å². The molecule has 0 N–H and O–H groups in total. The van der Waals surface area contributed by atoms with Crippen LogP contribution in [0.3, 0.4) is 0 Å². The Morgan fingerprint density at radius 1 is 1.05 bits per heavy atom. The van der Waals surface area contributed by atoms with Gasteiger partial charge in [-0.1, -0.05) is 0 Å². The van der Waals surface area contributed by atoms with Crippen molar-refractivity contribution in [2.75, 3.05) is 6.61 Å². The van der Waals surface area contributed by atoms with Gasteiger partial charge in [-0.3, -0.25) is 9.59 Å². The van der Waals surface area contributed by atoms with E-state index in [1.165, 1.54) is 11.1 Å². The van der Waals surface area contributed by atoms with E-state index in [0.717, 1.165) is 37.7 Å². The maximum atomic E-state index is 11.9. The molecular weight excluding hydrogens is 240 g/mol. The first-order valence-corrected chi connectivity index (χ1v) is 7.34. The van der Waals surface area contributed by atoms with E-state index in [1.807, 2.05) is 0 Å². The van der Waals surface area contributed by atoms with Crippen molar-refractivity contribution in [3.05, 3.63) is 22.8 Å². The van der Waals surface area contributed by atoms with Crippen LogP contribution in [0.2, 0.25) is 0 Å². The molecule has 0 aromatic rings. The third kappa shape index (κ3) is 1.68. The fourth-order valence-electron chi connectivity index (χ4n) is 4.37. The third-order valence-corrected chi connectivity index (χ3v) is 5.26. The zero-order valence-corrected chi connectivity index (χ0v) is 11.0. The molecule has 0 aromatic heterocycles. The second kappa shape index (κ2) is 4.14. The lowest BCUT2D eigenvalue weighted by molar-refractivity contribution is -0.123. The summed E-state index contributed by atoms with van der Waals surface area (Å²) >= 11 is 0. The maximum absolute atomic E-state index is 11.9. The number of Topliss-reactive ketones (excluding diaryl/α,β-unsaturated/α-hetero) is 1. The summed E-state index contributed by atoms with van der Waals surface area (Å²) in [6, 6.07) is 0. The lowest BCUT2D eigenvalue weighted by Crippen LogP contribution is -2.39. The van der Waals surface area contributed by atoms with Gasteiger partial charge in [0, 0.05) is 18.8 Å². The molecule has 4 aliphatic rings. The molecule has 0 unspecified atom stereocenters. The molecule has 3 atom stereocenters. The van der Waals surface area contributed by atoms with Crippen LogP contribution in [0.25, 0.3) is 0 Å². The van der Waals surface area contributed by atoms with Crippen LogP contribution in [-0.2, 0) is 14.3 Å². The average Bonchev–Trinajstić information content (AvgIpc) is 2.80. The SMILES string of the molecule is O=C1C=C2CO[C@@H]3C(=C2CC1)CC[C@H]1C(=O)CC[C@@H]31. The zero-order chi connectivity index (χ0) is 13.0. The van der Waals surface area contributed by atoms with E-state index in [0.29, 0.717) is 24.7 Å². The first-order valence-electron chi connectivity index (χ1n) is 7.34. The van der Waals surface area contributed by atoms with E-state index in [4.69, 9.17) is 4.74 Å². The van der Waals surface area contributed by atoms with E-state index in [2.05, 4.69) is 0 Å². The normalized spacial score (nSPS) is 37.7. The molecule has 0 saturated heterocycles. The van der Waals surface area contributed by atoms with Crippen LogP contribution in [0.15, 0.2) is 22.8 Å². The summed E-state index contributed by atoms with van der Waals surface area (Å²) in [5.41, 5.74) is 3.89. The molecule has 0 spiro atoms. The molecule has 100 valence electrons. The van der Waals surface area contributed by atoms with Gasteiger partial charge in [0.05, 0.1) is 12.7 Å². The van der Waals surface area contributed by atoms with Crippen molar-refractivity contribution in [2.24, 2.45) is 11.8 Å². The summed E-state index contributed by atoms with van der Waals surface area (Å²) in [6.07, 6.45) is 7.15. The van der Waals surface area contributed by atoms with Gasteiger partial charge in [0.1, 0.15) is 5.78 Å². The number of ketones is 2. The van der Waals surface area contributed by atoms with Crippen LogP contribution in [0.1, 0.15) is 38.5 Å². The Morgan fingerprint density at radius 2 is 1.95 bits per heavy atom. The first-order chi connectivity index (χ1) is 9.24. The van der Waals surface area contributed by atoms with E-state index < -0.39 is 0 Å². The van der Waals surface area contributed by atoms with Crippen molar-refractivity contribution in [1.29, 1.82) is 0 Å². The Morgan fingerprint density at radius 3 is 2.84 bits per heavy atom. The highest BCUT2D eigenvalue weighted by molar-refractivity contribution is 5.93. The number of hydrogen-bond donors (Lipinski definition) is 0. The Balaban J connectivity index is 1.73. The van der Waals surface area contributed by atoms with Crippen LogP contribution in [-0.4, -0.2) is 24.3 Å². The molecule has 0 radical (unpaired) electrons. The zero-order valence-electron chi connectivity index (χ0n) is 11.0. The van der Waals surface area contributed by atoms with Gasteiger partial charge in [0.25, 0.3) is 0 Å². The first kappa shape index (κ1) is 11.6. The molecule has 19 heavy (non-hydrogen) atoms. The van der Waals surface area contributed by atoms with Gasteiger partial charge in [-0.25, -0.2) is 0 Å². The predicted octanol–water partition coefficient (Wildman–Crippen LogP) is 2.36. The molecule has 2 saturated carbocycles. The van der Waals surface area contributed by atoms with Crippen molar-refractivity contribution in [1.82, 2.24) is 0 Å². The summed E-state index contributed by atoms with van der Waals surface area (Å²) in [5, 5.41) is 0. The molecule has 4 rings (SSSR count). The lowest BCUT2D eigenvalue weighted by Gasteiger charge is -2.41. The van der Waals surface area contributed by atoms with Crippen molar-refractivity contribution in [3.63, 3.8) is 0 Å². The molecule has 1 aliphatic heterocycles. The largest absolute Gasteiger partial charge is 0.369 e. The van der Waals surface area contributed by atoms with Crippen molar-refractivity contribution < 1.29 is 14.3 Å². The number of carbonyl (C=O) groups excluding carboxylic acids is 2. The van der Waals surface area contributed by atoms with Gasteiger partial charge in [-0.05, 0) is 54.4 Å². The van der Waals surface area contributed by atoms with Crippen molar-refractivity contribution >= 4 is 11.6 Å². The Hall–Kier alpha value is -1.22. The van der Waals surface area contributed by atoms with Gasteiger partial charge in [-0.15, -0.1) is 0 Å². The molecule has 3 nitrogen and oxygen atoms in total. The van der Waals surface area contributed by atoms with Crippen LogP contribution < -0.4 is 0 Å². The Bertz CT molecular complexity index is 526. The smallest absolute Gasteiger partial charge is 0.156 e. The van der Waals surface area contributed by atoms with Crippen molar-refractivity contribution in [2.45, 2.75) is 44.6 Å². The fourth-order valence-corrected chi connectivity index (χ4v) is 4.37. The predicted molar refractivity (Wildman–Crippen MR) is 69.5 cm³/mol. The highest BCUT2D eigenvalue weighted by Crippen LogP contribution is 2.48. The lowest BCUT2D eigenvalue weighted by atomic mass is 9.71. The number of ether oxygens (including phenoxy) is 1. The van der Waals surface area contributed by atoms with E-state index in [9.17, 15) is 9.59 Å². The molecule has 2 fully saturated rings. The minimum atomic E-state index is 0.158. The molecular formula is C16H18O3. The van der Waals surface area contributed by atoms with Crippen LogP contribution in [0.4, 0.5) is 0 Å². The number of rotatable bonds is 0. The molecule has 3 heteroatoms. The van der Waals surface area contributed by atoms with Gasteiger partial charge < -0.3 is 4.74 Å². The van der Waals surface area contributed by atoms with Gasteiger partial charge in [0.15, 0.2) is 5.78 Å². The second-order valence-electron chi connectivity index (χ2n) is 6.19. The summed E-state index contributed by atoms with van der Waals surface area (Å²) in [5.74, 6) is 1.32. The second-order valence-corrected chi connectivity index (χ2v) is 6.19. The van der Waals surface area contributed by atoms with Gasteiger partial charge >= 0.3 is 0 Å². The van der Waals surface area contributed by atoms with Crippen LogP contribution >= 0.6 is 0 Å². The quantitative estimate of drug-likeness (QED) is 0.670. The molecule has 3 aliphatic carbocycles. The van der Waals surface area contributed by atoms with Crippen molar-refractivity contribution in [3.8, 4) is 0 Å². The summed E-state index contributed by atoms with van der Waals surface area (Å²) in [4.78, 5) is 23.4. The summed E-state index contributed by atoms with van der Waals surface area (Å²) in [6.45, 7) is 0.562. The van der Waals surface area contributed by atoms with E-state index in [-0.39, 0.29) is 17.8 Å². The Kier molecular flexibility index (Phi) is 2.52. The summed E-state index contributed by atoms with van der Waals surface area (Å²) in [7, 11) is 0. The number of carbonyl (C=O) groups is 2. The fraction of sp³-hybridized carbons (Fsp3) is 0.625. The minimum absolute atomic E-state index is 0.158. The highest BCUT2D eigenvalue weighted by atomic mass is 16.5. The topological polar surface area (TPSA) is 43.4 Å². The van der Waals surface area contributed by atoms with E-state index >= 15 is 0 Å². The van der Waals surface area contributed by atoms with Crippen LogP contribution in [0, 0.1) is 11.8 Å². The standard InChI is InChI=1S/C16H18O3/c17-10-1-2-11-9(7-10)8-19-16-13(11)4-3-12-14(16)5-6-15(12)18/h7,12,14,16H,1-6,8H2/t12-,14-,16-/m1/s1.